The quantitative estimate of drug-likeness (QED) is 0.576. The molecule has 0 aromatic heterocycles. The molecule has 1 amide bonds. The van der Waals surface area contributed by atoms with Gasteiger partial charge in [-0.3, -0.25) is 0 Å². The van der Waals surface area contributed by atoms with Gasteiger partial charge in [-0.25, -0.2) is 14.4 Å². The van der Waals surface area contributed by atoms with Gasteiger partial charge in [-0.05, 0) is 25.6 Å². The number of rotatable bonds is 6. The van der Waals surface area contributed by atoms with Gasteiger partial charge in [0.2, 0.25) is 0 Å². The molecule has 0 saturated carbocycles. The third-order valence-corrected chi connectivity index (χ3v) is 2.54. The van der Waals surface area contributed by atoms with Crippen LogP contribution in [0.3, 0.4) is 0 Å². The van der Waals surface area contributed by atoms with E-state index in [-0.39, 0.29) is 19.0 Å². The summed E-state index contributed by atoms with van der Waals surface area (Å²) in [6, 6.07) is -0.955. The molecule has 0 spiro atoms. The highest BCUT2D eigenvalue weighted by atomic mass is 32.2. The number of esters is 1. The largest absolute Gasteiger partial charge is 0.467 e. The Kier molecular flexibility index (Phi) is 8.81. The monoisotopic (exact) mass is 279 g/mol. The van der Waals surface area contributed by atoms with Crippen LogP contribution in [-0.4, -0.2) is 49.5 Å². The van der Waals surface area contributed by atoms with Gasteiger partial charge in [-0.15, -0.1) is 0 Å². The van der Waals surface area contributed by atoms with Crippen LogP contribution in [0.2, 0.25) is 0 Å². The van der Waals surface area contributed by atoms with Crippen LogP contribution < -0.4 is 5.32 Å². The van der Waals surface area contributed by atoms with E-state index >= 15 is 0 Å². The Labute approximate surface area is 110 Å². The Morgan fingerprint density at radius 1 is 1.17 bits per heavy atom. The second kappa shape index (κ2) is 9.58. The van der Waals surface area contributed by atoms with Gasteiger partial charge in [0.05, 0.1) is 20.3 Å². The SMILES string of the molecule is CCOC(=O)NC(CSC(=O)OCC)C(=O)OC. The average Bonchev–Trinajstić information content (AvgIpc) is 2.34. The van der Waals surface area contributed by atoms with Crippen molar-refractivity contribution in [3.05, 3.63) is 0 Å². The Morgan fingerprint density at radius 2 is 1.78 bits per heavy atom. The molecule has 0 saturated heterocycles. The van der Waals surface area contributed by atoms with E-state index in [4.69, 9.17) is 0 Å². The molecule has 0 bridgehead atoms. The first-order valence-electron chi connectivity index (χ1n) is 5.35. The maximum atomic E-state index is 11.4. The molecule has 0 rings (SSSR count). The fourth-order valence-corrected chi connectivity index (χ4v) is 1.66. The van der Waals surface area contributed by atoms with Crippen molar-refractivity contribution in [2.24, 2.45) is 0 Å². The van der Waals surface area contributed by atoms with E-state index in [1.807, 2.05) is 0 Å². The lowest BCUT2D eigenvalue weighted by Crippen LogP contribution is -2.43. The third kappa shape index (κ3) is 7.00. The zero-order valence-corrected chi connectivity index (χ0v) is 11.4. The first kappa shape index (κ1) is 16.6. The minimum absolute atomic E-state index is 0.0182. The molecule has 0 aromatic carbocycles. The second-order valence-corrected chi connectivity index (χ2v) is 3.89. The van der Waals surface area contributed by atoms with Crippen LogP contribution in [0, 0.1) is 0 Å². The van der Waals surface area contributed by atoms with E-state index in [0.29, 0.717) is 0 Å². The van der Waals surface area contributed by atoms with Crippen LogP contribution in [0.4, 0.5) is 9.59 Å². The zero-order chi connectivity index (χ0) is 14.0. The number of hydrogen-bond donors (Lipinski definition) is 1. The maximum Gasteiger partial charge on any atom is 0.407 e. The summed E-state index contributed by atoms with van der Waals surface area (Å²) in [6.07, 6.45) is -0.739. The number of carbonyl (C=O) groups is 3. The predicted molar refractivity (Wildman–Crippen MR) is 65.4 cm³/mol. The number of thioether (sulfide) groups is 1. The molecule has 0 radical (unpaired) electrons. The smallest absolute Gasteiger partial charge is 0.407 e. The van der Waals surface area contributed by atoms with E-state index in [1.165, 1.54) is 7.11 Å². The van der Waals surface area contributed by atoms with Crippen LogP contribution in [0.5, 0.6) is 0 Å². The van der Waals surface area contributed by atoms with Crippen LogP contribution in [0.1, 0.15) is 13.8 Å². The number of amides is 1. The number of carbonyl (C=O) groups excluding carboxylic acids is 3. The van der Waals surface area contributed by atoms with Gasteiger partial charge in [0, 0.05) is 5.75 Å². The number of nitrogens with one attached hydrogen (secondary N) is 1. The van der Waals surface area contributed by atoms with Crippen molar-refractivity contribution in [2.45, 2.75) is 19.9 Å². The third-order valence-electron chi connectivity index (χ3n) is 1.68. The van der Waals surface area contributed by atoms with Crippen molar-refractivity contribution in [3.8, 4) is 0 Å². The number of hydrogen-bond acceptors (Lipinski definition) is 7. The lowest BCUT2D eigenvalue weighted by molar-refractivity contribution is -0.142. The molecule has 0 heterocycles. The number of ether oxygens (including phenoxy) is 3. The van der Waals surface area contributed by atoms with Gasteiger partial charge in [-0.1, -0.05) is 0 Å². The fourth-order valence-electron chi connectivity index (χ4n) is 0.937. The molecule has 7 nitrogen and oxygen atoms in total. The molecule has 0 aliphatic carbocycles. The summed E-state index contributed by atoms with van der Waals surface area (Å²) >= 11 is 0.781. The molecule has 0 fully saturated rings. The molecular formula is C10H17NO6S. The van der Waals surface area contributed by atoms with Crippen molar-refractivity contribution in [2.75, 3.05) is 26.1 Å². The predicted octanol–water partition coefficient (Wildman–Crippen LogP) is 1.16. The molecule has 18 heavy (non-hydrogen) atoms. The first-order chi connectivity index (χ1) is 8.54. The van der Waals surface area contributed by atoms with E-state index in [9.17, 15) is 14.4 Å². The topological polar surface area (TPSA) is 90.9 Å². The fraction of sp³-hybridized carbons (Fsp3) is 0.700. The van der Waals surface area contributed by atoms with E-state index in [1.54, 1.807) is 13.8 Å². The van der Waals surface area contributed by atoms with E-state index < -0.39 is 23.4 Å². The Balaban J connectivity index is 4.27. The van der Waals surface area contributed by atoms with Gasteiger partial charge in [-0.2, -0.15) is 0 Å². The van der Waals surface area contributed by atoms with Gasteiger partial charge in [0.1, 0.15) is 6.04 Å². The molecule has 0 aliphatic heterocycles. The summed E-state index contributed by atoms with van der Waals surface area (Å²) < 4.78 is 13.8. The summed E-state index contributed by atoms with van der Waals surface area (Å²) in [5, 5.41) is 1.79. The van der Waals surface area contributed by atoms with Crippen LogP contribution in [0.15, 0.2) is 0 Å². The summed E-state index contributed by atoms with van der Waals surface area (Å²) in [5.41, 5.74) is 0. The van der Waals surface area contributed by atoms with E-state index in [2.05, 4.69) is 19.5 Å². The number of methoxy groups -OCH3 is 1. The molecule has 0 aromatic rings. The van der Waals surface area contributed by atoms with Crippen molar-refractivity contribution in [1.29, 1.82) is 0 Å². The summed E-state index contributed by atoms with van der Waals surface area (Å²) in [7, 11) is 1.19. The molecule has 1 unspecified atom stereocenters. The lowest BCUT2D eigenvalue weighted by atomic mass is 10.3. The molecular weight excluding hydrogens is 262 g/mol. The second-order valence-electron chi connectivity index (χ2n) is 2.93. The zero-order valence-electron chi connectivity index (χ0n) is 10.6. The molecule has 1 atom stereocenters. The highest BCUT2D eigenvalue weighted by Gasteiger charge is 2.23. The van der Waals surface area contributed by atoms with Crippen molar-refractivity contribution >= 4 is 29.1 Å². The van der Waals surface area contributed by atoms with Crippen molar-refractivity contribution in [1.82, 2.24) is 5.32 Å². The van der Waals surface area contributed by atoms with Gasteiger partial charge in [0.25, 0.3) is 0 Å². The highest BCUT2D eigenvalue weighted by Crippen LogP contribution is 2.08. The lowest BCUT2D eigenvalue weighted by Gasteiger charge is -2.15. The standard InChI is InChI=1S/C10H17NO6S/c1-4-16-9(13)11-7(8(12)15-3)6-18-10(14)17-5-2/h7H,4-6H2,1-3H3,(H,11,13). The van der Waals surface area contributed by atoms with Crippen LogP contribution in [0.25, 0.3) is 0 Å². The van der Waals surface area contributed by atoms with E-state index in [0.717, 1.165) is 11.8 Å². The Bertz CT molecular complexity index is 296. The minimum Gasteiger partial charge on any atom is -0.467 e. The first-order valence-corrected chi connectivity index (χ1v) is 6.34. The maximum absolute atomic E-state index is 11.4. The Morgan fingerprint density at radius 3 is 2.28 bits per heavy atom. The van der Waals surface area contributed by atoms with Crippen LogP contribution >= 0.6 is 11.8 Å². The summed E-state index contributed by atoms with van der Waals surface area (Å²) in [5.74, 6) is -0.635. The highest BCUT2D eigenvalue weighted by molar-refractivity contribution is 8.13. The molecule has 104 valence electrons. The molecule has 0 aliphatic rings. The summed E-state index contributed by atoms with van der Waals surface area (Å²) in [4.78, 5) is 33.7. The van der Waals surface area contributed by atoms with Crippen molar-refractivity contribution < 1.29 is 28.6 Å². The van der Waals surface area contributed by atoms with Gasteiger partial charge in [0.15, 0.2) is 0 Å². The average molecular weight is 279 g/mol. The van der Waals surface area contributed by atoms with Crippen LogP contribution in [-0.2, 0) is 19.0 Å². The van der Waals surface area contributed by atoms with Gasteiger partial charge < -0.3 is 19.5 Å². The number of alkyl carbamates (subject to hydrolysis) is 1. The summed E-state index contributed by atoms with van der Waals surface area (Å²) in [6.45, 7) is 3.75. The molecule has 1 N–H and O–H groups in total. The Hall–Kier alpha value is -1.44. The minimum atomic E-state index is -0.955. The van der Waals surface area contributed by atoms with Crippen molar-refractivity contribution in [3.63, 3.8) is 0 Å². The van der Waals surface area contributed by atoms with Gasteiger partial charge >= 0.3 is 17.4 Å². The normalized spacial score (nSPS) is 11.3. The molecule has 8 heteroatoms.